The first-order valence-corrected chi connectivity index (χ1v) is 9.15. The molecular weight excluding hydrogens is 417 g/mol. The summed E-state index contributed by atoms with van der Waals surface area (Å²) in [6.07, 6.45) is -3.98. The molecule has 0 bridgehead atoms. The fourth-order valence-corrected chi connectivity index (χ4v) is 3.39. The lowest BCUT2D eigenvalue weighted by Gasteiger charge is -2.22. The smallest absolute Gasteiger partial charge is 0.356 e. The fourth-order valence-electron chi connectivity index (χ4n) is 2.18. The van der Waals surface area contributed by atoms with E-state index in [1.165, 1.54) is 0 Å². The summed E-state index contributed by atoms with van der Waals surface area (Å²) in [5.41, 5.74) is 0.283. The van der Waals surface area contributed by atoms with E-state index in [1.54, 1.807) is 7.05 Å². The first kappa shape index (κ1) is 19.7. The van der Waals surface area contributed by atoms with Crippen LogP contribution in [-0.2, 0) is 19.1 Å². The number of rotatable bonds is 5. The van der Waals surface area contributed by atoms with Crippen LogP contribution in [0.4, 0.5) is 13.2 Å². The van der Waals surface area contributed by atoms with Gasteiger partial charge in [-0.25, -0.2) is 4.98 Å². The van der Waals surface area contributed by atoms with Gasteiger partial charge in [-0.1, -0.05) is 34.1 Å². The number of nitrogens with one attached hydrogen (secondary N) is 1. The van der Waals surface area contributed by atoms with E-state index in [0.717, 1.165) is 26.8 Å². The molecule has 0 saturated heterocycles. The molecule has 0 fully saturated rings. The number of guanidine groups is 1. The number of aromatic nitrogens is 1. The van der Waals surface area contributed by atoms with Crippen molar-refractivity contribution in [3.63, 3.8) is 0 Å². The maximum atomic E-state index is 12.6. The van der Waals surface area contributed by atoms with Crippen LogP contribution in [0.1, 0.15) is 16.3 Å². The van der Waals surface area contributed by atoms with Crippen LogP contribution in [0.5, 0.6) is 0 Å². The van der Waals surface area contributed by atoms with Crippen molar-refractivity contribution in [2.45, 2.75) is 19.1 Å². The summed E-state index contributed by atoms with van der Waals surface area (Å²) in [6, 6.07) is 7.90. The van der Waals surface area contributed by atoms with Crippen molar-refractivity contribution in [3.05, 3.63) is 50.4 Å². The summed E-state index contributed by atoms with van der Waals surface area (Å²) in [4.78, 5) is 9.78. The van der Waals surface area contributed by atoms with E-state index in [0.29, 0.717) is 30.5 Å². The van der Waals surface area contributed by atoms with Crippen molar-refractivity contribution < 1.29 is 13.2 Å². The summed E-state index contributed by atoms with van der Waals surface area (Å²) in [7, 11) is 3.57. The summed E-state index contributed by atoms with van der Waals surface area (Å²) in [5.74, 6) is 0.670. The van der Waals surface area contributed by atoms with Crippen molar-refractivity contribution in [1.82, 2.24) is 15.2 Å². The average Bonchev–Trinajstić information content (AvgIpc) is 3.03. The minimum absolute atomic E-state index is 0.405. The second-order valence-electron chi connectivity index (χ2n) is 5.30. The number of alkyl halides is 3. The van der Waals surface area contributed by atoms with Crippen LogP contribution in [0.15, 0.2) is 39.1 Å². The number of aliphatic imine (C=N–C) groups is 1. The molecule has 0 amide bonds. The molecule has 0 unspecified atom stereocenters. The van der Waals surface area contributed by atoms with Gasteiger partial charge < -0.3 is 10.2 Å². The maximum absolute atomic E-state index is 12.6. The zero-order valence-electron chi connectivity index (χ0n) is 13.8. The van der Waals surface area contributed by atoms with Gasteiger partial charge >= 0.3 is 6.18 Å². The van der Waals surface area contributed by atoms with E-state index >= 15 is 0 Å². The molecule has 9 heteroatoms. The van der Waals surface area contributed by atoms with E-state index in [2.05, 4.69) is 31.2 Å². The molecular formula is C16H18BrF3N4S. The number of thiazole rings is 1. The molecule has 4 nitrogen and oxygen atoms in total. The molecule has 1 heterocycles. The van der Waals surface area contributed by atoms with Crippen molar-refractivity contribution in [3.8, 4) is 0 Å². The van der Waals surface area contributed by atoms with Crippen molar-refractivity contribution >= 4 is 33.2 Å². The van der Waals surface area contributed by atoms with Crippen LogP contribution in [0.2, 0.25) is 0 Å². The normalized spacial score (nSPS) is 12.3. The zero-order valence-corrected chi connectivity index (χ0v) is 16.2. The molecule has 25 heavy (non-hydrogen) atoms. The molecule has 1 aromatic carbocycles. The number of benzene rings is 1. The monoisotopic (exact) mass is 434 g/mol. The molecule has 0 saturated carbocycles. The van der Waals surface area contributed by atoms with Crippen molar-refractivity contribution in [2.24, 2.45) is 4.99 Å². The summed E-state index contributed by atoms with van der Waals surface area (Å²) >= 11 is 4.53. The highest BCUT2D eigenvalue weighted by Crippen LogP contribution is 2.30. The third kappa shape index (κ3) is 5.71. The Balaban J connectivity index is 1.88. The number of nitrogens with zero attached hydrogens (tertiary/aromatic N) is 3. The zero-order chi connectivity index (χ0) is 18.4. The number of hydrogen-bond donors (Lipinski definition) is 1. The number of halogens is 4. The predicted molar refractivity (Wildman–Crippen MR) is 97.8 cm³/mol. The van der Waals surface area contributed by atoms with Crippen LogP contribution >= 0.6 is 27.3 Å². The van der Waals surface area contributed by atoms with Crippen LogP contribution < -0.4 is 5.32 Å². The second kappa shape index (κ2) is 8.66. The van der Waals surface area contributed by atoms with Crippen LogP contribution in [0, 0.1) is 0 Å². The minimum atomic E-state index is -4.39. The first-order valence-electron chi connectivity index (χ1n) is 7.48. The van der Waals surface area contributed by atoms with Gasteiger partial charge in [-0.05, 0) is 11.6 Å². The van der Waals surface area contributed by atoms with Gasteiger partial charge in [-0.15, -0.1) is 11.3 Å². The van der Waals surface area contributed by atoms with Crippen LogP contribution in [0.3, 0.4) is 0 Å². The van der Waals surface area contributed by atoms with Gasteiger partial charge in [-0.2, -0.15) is 13.2 Å². The summed E-state index contributed by atoms with van der Waals surface area (Å²) in [6.45, 7) is 1.11. The lowest BCUT2D eigenvalue weighted by molar-refractivity contribution is -0.140. The van der Waals surface area contributed by atoms with E-state index in [-0.39, 0.29) is 0 Å². The molecule has 0 radical (unpaired) electrons. The Kier molecular flexibility index (Phi) is 6.83. The standard InChI is InChI=1S/C16H18BrF3N4S/c1-21-15(24(2)9-11-5-3-4-6-12(11)17)22-8-7-14-23-13(10-25-14)16(18,19)20/h3-6,10H,7-9H2,1-2H3,(H,21,22). The van der Waals surface area contributed by atoms with Gasteiger partial charge in [0.05, 0.1) is 5.01 Å². The lowest BCUT2D eigenvalue weighted by atomic mass is 10.2. The molecule has 2 aromatic rings. The van der Waals surface area contributed by atoms with Gasteiger partial charge in [0.25, 0.3) is 0 Å². The molecule has 0 aliphatic heterocycles. The van der Waals surface area contributed by atoms with Gasteiger partial charge in [-0.3, -0.25) is 4.99 Å². The Hall–Kier alpha value is -1.61. The Labute approximate surface area is 156 Å². The summed E-state index contributed by atoms with van der Waals surface area (Å²) < 4.78 is 38.7. The van der Waals surface area contributed by atoms with Crippen molar-refractivity contribution in [1.29, 1.82) is 0 Å². The largest absolute Gasteiger partial charge is 0.434 e. The fraction of sp³-hybridized carbons (Fsp3) is 0.375. The minimum Gasteiger partial charge on any atom is -0.356 e. The van der Waals surface area contributed by atoms with E-state index in [9.17, 15) is 13.2 Å². The van der Waals surface area contributed by atoms with Crippen molar-refractivity contribution in [2.75, 3.05) is 20.6 Å². The van der Waals surface area contributed by atoms with Gasteiger partial charge in [0.2, 0.25) is 0 Å². The molecule has 0 aliphatic carbocycles. The topological polar surface area (TPSA) is 40.5 Å². The second-order valence-corrected chi connectivity index (χ2v) is 7.09. The Morgan fingerprint density at radius 1 is 1.36 bits per heavy atom. The quantitative estimate of drug-likeness (QED) is 0.566. The third-order valence-corrected chi connectivity index (χ3v) is 5.09. The highest BCUT2D eigenvalue weighted by Gasteiger charge is 2.33. The first-order chi connectivity index (χ1) is 11.8. The Morgan fingerprint density at radius 3 is 2.68 bits per heavy atom. The summed E-state index contributed by atoms with van der Waals surface area (Å²) in [5, 5.41) is 4.64. The molecule has 0 aliphatic rings. The highest BCUT2D eigenvalue weighted by atomic mass is 79.9. The van der Waals surface area contributed by atoms with Crippen LogP contribution in [0.25, 0.3) is 0 Å². The van der Waals surface area contributed by atoms with Crippen LogP contribution in [-0.4, -0.2) is 36.5 Å². The molecule has 0 spiro atoms. The van der Waals surface area contributed by atoms with Gasteiger partial charge in [0, 0.05) is 43.5 Å². The van der Waals surface area contributed by atoms with Gasteiger partial charge in [0.1, 0.15) is 0 Å². The Bertz CT molecular complexity index is 730. The molecule has 1 aromatic heterocycles. The van der Waals surface area contributed by atoms with E-state index in [4.69, 9.17) is 0 Å². The maximum Gasteiger partial charge on any atom is 0.434 e. The predicted octanol–water partition coefficient (Wildman–Crippen LogP) is 4.17. The molecule has 136 valence electrons. The SMILES string of the molecule is CN=C(NCCc1nc(C(F)(F)F)cs1)N(C)Cc1ccccc1Br. The lowest BCUT2D eigenvalue weighted by Crippen LogP contribution is -2.39. The molecule has 0 atom stereocenters. The van der Waals surface area contributed by atoms with Gasteiger partial charge in [0.15, 0.2) is 11.7 Å². The molecule has 2 rings (SSSR count). The van der Waals surface area contributed by atoms with E-state index in [1.807, 2.05) is 36.2 Å². The third-order valence-electron chi connectivity index (χ3n) is 3.40. The highest BCUT2D eigenvalue weighted by molar-refractivity contribution is 9.10. The molecule has 1 N–H and O–H groups in total. The average molecular weight is 435 g/mol. The number of hydrogen-bond acceptors (Lipinski definition) is 3. The Morgan fingerprint density at radius 2 is 2.08 bits per heavy atom. The van der Waals surface area contributed by atoms with E-state index < -0.39 is 11.9 Å².